The molecule has 1 aromatic heterocycles. The Morgan fingerprint density at radius 3 is 2.70 bits per heavy atom. The molecular weight excluding hydrogens is 306 g/mol. The van der Waals surface area contributed by atoms with Gasteiger partial charge in [0.2, 0.25) is 5.91 Å². The first-order chi connectivity index (χ1) is 11.2. The van der Waals surface area contributed by atoms with Crippen LogP contribution in [0.15, 0.2) is 47.9 Å². The maximum Gasteiger partial charge on any atom is 0.233 e. The number of hydrogen-bond donors (Lipinski definition) is 1. The van der Waals surface area contributed by atoms with Crippen molar-refractivity contribution in [2.24, 2.45) is 0 Å². The van der Waals surface area contributed by atoms with E-state index in [4.69, 9.17) is 0 Å². The Morgan fingerprint density at radius 2 is 2.04 bits per heavy atom. The van der Waals surface area contributed by atoms with Crippen LogP contribution in [0, 0.1) is 0 Å². The molecule has 0 spiro atoms. The molecule has 0 aliphatic rings. The third-order valence-electron chi connectivity index (χ3n) is 3.77. The van der Waals surface area contributed by atoms with E-state index in [0.29, 0.717) is 0 Å². The highest BCUT2D eigenvalue weighted by Gasteiger charge is 2.20. The second-order valence-corrected chi connectivity index (χ2v) is 6.82. The van der Waals surface area contributed by atoms with E-state index < -0.39 is 0 Å². The lowest BCUT2D eigenvalue weighted by Crippen LogP contribution is -2.34. The number of aromatic nitrogens is 2. The number of nitrogens with one attached hydrogen (secondary N) is 1. The minimum atomic E-state index is -0.175. The van der Waals surface area contributed by atoms with Gasteiger partial charge in [0, 0.05) is 18.9 Å². The molecule has 1 heterocycles. The van der Waals surface area contributed by atoms with Gasteiger partial charge in [0.05, 0.1) is 11.3 Å². The number of aryl methyl sites for hydroxylation is 1. The molecular formula is C18H25N3OS. The number of imidazole rings is 1. The average Bonchev–Trinajstić information content (AvgIpc) is 3.02. The van der Waals surface area contributed by atoms with Crippen LogP contribution >= 0.6 is 11.8 Å². The Morgan fingerprint density at radius 1 is 1.30 bits per heavy atom. The Kier molecular flexibility index (Phi) is 6.71. The molecule has 5 heteroatoms. The van der Waals surface area contributed by atoms with E-state index in [-0.39, 0.29) is 17.2 Å². The van der Waals surface area contributed by atoms with E-state index in [9.17, 15) is 4.79 Å². The van der Waals surface area contributed by atoms with Gasteiger partial charge in [-0.05, 0) is 25.8 Å². The van der Waals surface area contributed by atoms with Gasteiger partial charge in [-0.25, -0.2) is 4.98 Å². The van der Waals surface area contributed by atoms with Crippen LogP contribution in [0.2, 0.25) is 0 Å². The fraction of sp³-hybridized carbons (Fsp3) is 0.444. The number of thioether (sulfide) groups is 1. The smallest absolute Gasteiger partial charge is 0.233 e. The molecule has 1 amide bonds. The predicted molar refractivity (Wildman–Crippen MR) is 95.5 cm³/mol. The summed E-state index contributed by atoms with van der Waals surface area (Å²) in [7, 11) is 0. The van der Waals surface area contributed by atoms with Gasteiger partial charge in [-0.15, -0.1) is 0 Å². The van der Waals surface area contributed by atoms with Crippen molar-refractivity contribution in [2.45, 2.75) is 56.6 Å². The van der Waals surface area contributed by atoms with Gasteiger partial charge in [0.25, 0.3) is 0 Å². The molecule has 0 aliphatic carbocycles. The zero-order chi connectivity index (χ0) is 16.7. The van der Waals surface area contributed by atoms with E-state index in [0.717, 1.165) is 30.1 Å². The van der Waals surface area contributed by atoms with Gasteiger partial charge in [0.1, 0.15) is 0 Å². The maximum absolute atomic E-state index is 12.6. The molecule has 0 fully saturated rings. The molecule has 0 radical (unpaired) electrons. The van der Waals surface area contributed by atoms with Crippen LogP contribution < -0.4 is 5.32 Å². The van der Waals surface area contributed by atoms with E-state index in [1.807, 2.05) is 31.3 Å². The molecule has 0 saturated heterocycles. The number of carbonyl (C=O) groups is 1. The van der Waals surface area contributed by atoms with Gasteiger partial charge in [0.15, 0.2) is 5.16 Å². The summed E-state index contributed by atoms with van der Waals surface area (Å²) in [6.07, 6.45) is 5.69. The quantitative estimate of drug-likeness (QED) is 0.743. The van der Waals surface area contributed by atoms with Crippen molar-refractivity contribution in [3.05, 3.63) is 48.3 Å². The zero-order valence-electron chi connectivity index (χ0n) is 14.0. The van der Waals surface area contributed by atoms with Crippen LogP contribution in [-0.4, -0.2) is 20.7 Å². The van der Waals surface area contributed by atoms with Crippen LogP contribution in [0.4, 0.5) is 0 Å². The molecule has 2 rings (SSSR count). The lowest BCUT2D eigenvalue weighted by Gasteiger charge is -2.21. The normalized spacial score (nSPS) is 13.5. The minimum absolute atomic E-state index is 0.0583. The Labute approximate surface area is 142 Å². The zero-order valence-corrected chi connectivity index (χ0v) is 14.8. The summed E-state index contributed by atoms with van der Waals surface area (Å²) in [5, 5.41) is 3.90. The van der Waals surface area contributed by atoms with E-state index in [2.05, 4.69) is 40.8 Å². The topological polar surface area (TPSA) is 46.9 Å². The summed E-state index contributed by atoms with van der Waals surface area (Å²) < 4.78 is 2.05. The van der Waals surface area contributed by atoms with Crippen molar-refractivity contribution in [1.29, 1.82) is 0 Å². The Balaban J connectivity index is 2.00. The molecule has 4 nitrogen and oxygen atoms in total. The number of rotatable bonds is 8. The highest BCUT2D eigenvalue weighted by atomic mass is 32.2. The SMILES string of the molecule is CCCC(NC(=O)C(C)Sc1nccn1CC)c1ccccc1. The Bertz CT molecular complexity index is 612. The first-order valence-electron chi connectivity index (χ1n) is 8.18. The highest BCUT2D eigenvalue weighted by molar-refractivity contribution is 8.00. The molecule has 1 aromatic carbocycles. The maximum atomic E-state index is 12.6. The van der Waals surface area contributed by atoms with Crippen molar-refractivity contribution in [3.63, 3.8) is 0 Å². The van der Waals surface area contributed by atoms with Crippen molar-refractivity contribution in [1.82, 2.24) is 14.9 Å². The van der Waals surface area contributed by atoms with Crippen LogP contribution in [0.3, 0.4) is 0 Å². The number of amides is 1. The molecule has 23 heavy (non-hydrogen) atoms. The largest absolute Gasteiger partial charge is 0.348 e. The lowest BCUT2D eigenvalue weighted by molar-refractivity contribution is -0.121. The third kappa shape index (κ3) is 4.86. The molecule has 2 unspecified atom stereocenters. The first kappa shape index (κ1) is 17.6. The number of benzene rings is 1. The number of hydrogen-bond acceptors (Lipinski definition) is 3. The van der Waals surface area contributed by atoms with Crippen molar-refractivity contribution < 1.29 is 4.79 Å². The van der Waals surface area contributed by atoms with Gasteiger partial charge < -0.3 is 9.88 Å². The lowest BCUT2D eigenvalue weighted by atomic mass is 10.0. The second kappa shape index (κ2) is 8.77. The van der Waals surface area contributed by atoms with Crippen molar-refractivity contribution in [2.75, 3.05) is 0 Å². The average molecular weight is 331 g/mol. The van der Waals surface area contributed by atoms with Crippen molar-refractivity contribution in [3.8, 4) is 0 Å². The van der Waals surface area contributed by atoms with Crippen LogP contribution in [-0.2, 0) is 11.3 Å². The van der Waals surface area contributed by atoms with Gasteiger partial charge in [-0.2, -0.15) is 0 Å². The monoisotopic (exact) mass is 331 g/mol. The summed E-state index contributed by atoms with van der Waals surface area (Å²) in [5.41, 5.74) is 1.16. The van der Waals surface area contributed by atoms with Crippen LogP contribution in [0.1, 0.15) is 45.2 Å². The standard InChI is InChI=1S/C18H25N3OS/c1-4-9-16(15-10-7-6-8-11-15)20-17(22)14(3)23-18-19-12-13-21(18)5-2/h6-8,10-14,16H,4-5,9H2,1-3H3,(H,20,22). The highest BCUT2D eigenvalue weighted by Crippen LogP contribution is 2.24. The molecule has 1 N–H and O–H groups in total. The van der Waals surface area contributed by atoms with Gasteiger partial charge in [-0.3, -0.25) is 4.79 Å². The van der Waals surface area contributed by atoms with Crippen molar-refractivity contribution >= 4 is 17.7 Å². The summed E-state index contributed by atoms with van der Waals surface area (Å²) in [6.45, 7) is 7.00. The summed E-state index contributed by atoms with van der Waals surface area (Å²) in [5.74, 6) is 0.0583. The fourth-order valence-corrected chi connectivity index (χ4v) is 3.39. The molecule has 2 aromatic rings. The Hall–Kier alpha value is -1.75. The second-order valence-electron chi connectivity index (χ2n) is 5.52. The first-order valence-corrected chi connectivity index (χ1v) is 9.06. The van der Waals surface area contributed by atoms with E-state index >= 15 is 0 Å². The summed E-state index contributed by atoms with van der Waals surface area (Å²) >= 11 is 1.50. The number of carbonyl (C=O) groups excluding carboxylic acids is 1. The minimum Gasteiger partial charge on any atom is -0.348 e. The van der Waals surface area contributed by atoms with Crippen LogP contribution in [0.5, 0.6) is 0 Å². The predicted octanol–water partition coefficient (Wildman–Crippen LogP) is 4.04. The number of nitrogens with zero attached hydrogens (tertiary/aromatic N) is 2. The summed E-state index contributed by atoms with van der Waals surface area (Å²) in [6, 6.07) is 10.2. The molecule has 0 aliphatic heterocycles. The van der Waals surface area contributed by atoms with Gasteiger partial charge >= 0.3 is 0 Å². The molecule has 124 valence electrons. The fourth-order valence-electron chi connectivity index (χ4n) is 2.45. The molecule has 0 bridgehead atoms. The third-order valence-corrected chi connectivity index (χ3v) is 4.88. The van der Waals surface area contributed by atoms with Gasteiger partial charge in [-0.1, -0.05) is 55.4 Å². The van der Waals surface area contributed by atoms with Crippen LogP contribution in [0.25, 0.3) is 0 Å². The summed E-state index contributed by atoms with van der Waals surface area (Å²) in [4.78, 5) is 16.9. The molecule has 2 atom stereocenters. The molecule has 0 saturated carbocycles. The van der Waals surface area contributed by atoms with E-state index in [1.54, 1.807) is 6.20 Å². The van der Waals surface area contributed by atoms with E-state index in [1.165, 1.54) is 11.8 Å².